The lowest BCUT2D eigenvalue weighted by Gasteiger charge is -2.44. The number of hydrogen-bond acceptors (Lipinski definition) is 15. The average molecular weight is 723 g/mol. The molecule has 2 aliphatic carbocycles. The van der Waals surface area contributed by atoms with E-state index in [1.165, 1.54) is 33.1 Å². The number of phenolic OH excluding ortho intramolecular Hbond substituents is 3. The number of carbonyl (C=O) groups excluding carboxylic acids is 4. The molecule has 1 aliphatic heterocycles. The van der Waals surface area contributed by atoms with Gasteiger partial charge in [-0.15, -0.1) is 0 Å². The standard InChI is InChI=1S/C36H38N2O14/c1-11-7-18-23(29(43)20(11)34(47)38-12(2)35(48)50-6)22-16(28(42)33(18)52-36-32(46)31(45)25(37-4)13(3)51-36)10-17-24(30(22)44)27(41)15-8-14(49-5)9-19(39)21(15)26(17)40/h7-10,12-13,25,28,31-33,36-37,39,42-46H,1-6H3,(H,38,47)/t12-,13-,25+,28+,31+,32-,33+,36+/m1/s1. The monoisotopic (exact) mass is 722 g/mol. The van der Waals surface area contributed by atoms with Crippen LogP contribution < -0.4 is 15.4 Å². The van der Waals surface area contributed by atoms with E-state index in [1.807, 2.05) is 0 Å². The highest BCUT2D eigenvalue weighted by atomic mass is 16.7. The normalized spacial score (nSPS) is 25.3. The molecule has 1 fully saturated rings. The molecule has 0 spiro atoms. The van der Waals surface area contributed by atoms with E-state index in [0.717, 1.165) is 19.2 Å². The van der Waals surface area contributed by atoms with Crippen LogP contribution in [0.4, 0.5) is 0 Å². The second kappa shape index (κ2) is 13.5. The molecule has 3 aromatic rings. The Morgan fingerprint density at radius 2 is 1.50 bits per heavy atom. The van der Waals surface area contributed by atoms with Crippen LogP contribution in [0.25, 0.3) is 11.1 Å². The second-order valence-electron chi connectivity index (χ2n) is 12.9. The number of likely N-dealkylation sites (N-methyl/N-ethyl adjacent to an activating group) is 1. The first-order valence-corrected chi connectivity index (χ1v) is 16.3. The van der Waals surface area contributed by atoms with E-state index in [1.54, 1.807) is 14.0 Å². The fourth-order valence-electron chi connectivity index (χ4n) is 7.28. The summed E-state index contributed by atoms with van der Waals surface area (Å²) in [6.07, 6.45) is -8.60. The van der Waals surface area contributed by atoms with Crippen LogP contribution in [-0.2, 0) is 19.0 Å². The summed E-state index contributed by atoms with van der Waals surface area (Å²) in [4.78, 5) is 53.5. The lowest BCUT2D eigenvalue weighted by Crippen LogP contribution is -2.61. The van der Waals surface area contributed by atoms with Gasteiger partial charge in [-0.25, -0.2) is 4.79 Å². The van der Waals surface area contributed by atoms with Crippen molar-refractivity contribution in [2.45, 2.75) is 69.7 Å². The molecule has 1 saturated heterocycles. The van der Waals surface area contributed by atoms with Crippen molar-refractivity contribution in [3.63, 3.8) is 0 Å². The first-order chi connectivity index (χ1) is 24.6. The fraction of sp³-hybridized carbons (Fsp3) is 0.389. The number of ether oxygens (including phenoxy) is 4. The van der Waals surface area contributed by atoms with Crippen molar-refractivity contribution in [3.05, 3.63) is 68.8 Å². The third-order valence-corrected chi connectivity index (χ3v) is 9.89. The Bertz CT molecular complexity index is 2030. The van der Waals surface area contributed by atoms with Crippen LogP contribution >= 0.6 is 0 Å². The summed E-state index contributed by atoms with van der Waals surface area (Å²) >= 11 is 0. The third-order valence-electron chi connectivity index (χ3n) is 9.89. The number of fused-ring (bicyclic) bond motifs is 5. The number of esters is 1. The van der Waals surface area contributed by atoms with E-state index < -0.39 is 95.1 Å². The number of carbonyl (C=O) groups is 4. The highest BCUT2D eigenvalue weighted by Crippen LogP contribution is 2.57. The van der Waals surface area contributed by atoms with Crippen LogP contribution in [0.2, 0.25) is 0 Å². The van der Waals surface area contributed by atoms with E-state index in [9.17, 15) is 49.8 Å². The van der Waals surface area contributed by atoms with Gasteiger partial charge >= 0.3 is 5.97 Å². The molecular formula is C36H38N2O14. The van der Waals surface area contributed by atoms with Gasteiger partial charge in [0.05, 0.1) is 43.1 Å². The predicted octanol–water partition coefficient (Wildman–Crippen LogP) is 1.01. The molecule has 1 heterocycles. The van der Waals surface area contributed by atoms with Gasteiger partial charge in [-0.2, -0.15) is 0 Å². The minimum absolute atomic E-state index is 0.0224. The van der Waals surface area contributed by atoms with E-state index in [4.69, 9.17) is 14.2 Å². The molecule has 16 heteroatoms. The molecule has 0 unspecified atom stereocenters. The Hall–Kier alpha value is -5.10. The smallest absolute Gasteiger partial charge is 0.328 e. The van der Waals surface area contributed by atoms with E-state index in [-0.39, 0.29) is 55.8 Å². The summed E-state index contributed by atoms with van der Waals surface area (Å²) in [5, 5.41) is 73.6. The number of aliphatic hydroxyl groups excluding tert-OH is 3. The Kier molecular flexibility index (Phi) is 9.50. The summed E-state index contributed by atoms with van der Waals surface area (Å²) in [6, 6.07) is 3.02. The largest absolute Gasteiger partial charge is 0.507 e. The van der Waals surface area contributed by atoms with Crippen molar-refractivity contribution in [2.75, 3.05) is 21.3 Å². The van der Waals surface area contributed by atoms with Crippen LogP contribution in [0.1, 0.15) is 84.9 Å². The molecule has 0 aromatic heterocycles. The number of methoxy groups -OCH3 is 2. The molecule has 8 atom stereocenters. The third kappa shape index (κ3) is 5.55. The van der Waals surface area contributed by atoms with Gasteiger partial charge < -0.3 is 60.2 Å². The number of aliphatic hydroxyl groups is 3. The van der Waals surface area contributed by atoms with Gasteiger partial charge in [0, 0.05) is 28.3 Å². The Balaban J connectivity index is 1.58. The van der Waals surface area contributed by atoms with Gasteiger partial charge in [-0.05, 0) is 56.6 Å². The highest BCUT2D eigenvalue weighted by Gasteiger charge is 2.48. The number of aryl methyl sites for hydroxylation is 1. The molecule has 0 bridgehead atoms. The molecule has 0 saturated carbocycles. The lowest BCUT2D eigenvalue weighted by atomic mass is 9.74. The average Bonchev–Trinajstić information content (AvgIpc) is 3.10. The van der Waals surface area contributed by atoms with Crippen LogP contribution in [0.15, 0.2) is 24.3 Å². The Labute approximate surface area is 296 Å². The predicted molar refractivity (Wildman–Crippen MR) is 178 cm³/mol. The molecule has 52 heavy (non-hydrogen) atoms. The van der Waals surface area contributed by atoms with E-state index >= 15 is 0 Å². The molecule has 0 radical (unpaired) electrons. The summed E-state index contributed by atoms with van der Waals surface area (Å²) in [5.74, 6) is -5.54. The number of hydrogen-bond donors (Lipinski definition) is 8. The second-order valence-corrected chi connectivity index (χ2v) is 12.9. The van der Waals surface area contributed by atoms with Crippen LogP contribution in [-0.4, -0.2) is 112 Å². The number of rotatable bonds is 7. The quantitative estimate of drug-likeness (QED) is 0.124. The van der Waals surface area contributed by atoms with Crippen molar-refractivity contribution < 1.29 is 68.8 Å². The summed E-state index contributed by atoms with van der Waals surface area (Å²) in [7, 11) is 3.99. The summed E-state index contributed by atoms with van der Waals surface area (Å²) in [5.41, 5.74) is -2.60. The minimum Gasteiger partial charge on any atom is -0.507 e. The Morgan fingerprint density at radius 3 is 2.13 bits per heavy atom. The van der Waals surface area contributed by atoms with E-state index in [2.05, 4.69) is 15.4 Å². The molecule has 3 aromatic carbocycles. The molecule has 1 amide bonds. The van der Waals surface area contributed by atoms with Crippen LogP contribution in [0, 0.1) is 6.92 Å². The number of aromatic hydroxyl groups is 3. The maximum absolute atomic E-state index is 14.0. The van der Waals surface area contributed by atoms with Crippen molar-refractivity contribution in [1.82, 2.24) is 10.6 Å². The lowest BCUT2D eigenvalue weighted by molar-refractivity contribution is -0.295. The maximum Gasteiger partial charge on any atom is 0.328 e. The SMILES string of the molecule is CN[C@@H]1[C@H](O)[C@@H](O)[C@H](O[C@H]2c3cc(C)c(C(=O)N[C@H](C)C(=O)OC)c(O)c3-c3c(cc4c(c3O)C(=O)c3cc(OC)cc(O)c3C4=O)[C@@H]2O)O[C@@H]1C. The first kappa shape index (κ1) is 36.7. The Morgan fingerprint density at radius 1 is 0.865 bits per heavy atom. The van der Waals surface area contributed by atoms with Crippen molar-refractivity contribution in [1.29, 1.82) is 0 Å². The van der Waals surface area contributed by atoms with Crippen molar-refractivity contribution >= 4 is 23.4 Å². The summed E-state index contributed by atoms with van der Waals surface area (Å²) < 4.78 is 21.9. The highest BCUT2D eigenvalue weighted by molar-refractivity contribution is 6.31. The molecule has 16 nitrogen and oxygen atoms in total. The molecule has 276 valence electrons. The zero-order valence-corrected chi connectivity index (χ0v) is 28.9. The number of ketones is 2. The van der Waals surface area contributed by atoms with Gasteiger partial charge in [-0.3, -0.25) is 14.4 Å². The fourth-order valence-corrected chi connectivity index (χ4v) is 7.28. The molecule has 3 aliphatic rings. The van der Waals surface area contributed by atoms with Gasteiger partial charge in [0.1, 0.15) is 53.5 Å². The van der Waals surface area contributed by atoms with Crippen LogP contribution in [0.5, 0.6) is 23.0 Å². The summed E-state index contributed by atoms with van der Waals surface area (Å²) in [6.45, 7) is 4.44. The minimum atomic E-state index is -1.78. The number of phenols is 3. The van der Waals surface area contributed by atoms with Crippen molar-refractivity contribution in [2.24, 2.45) is 0 Å². The molecular weight excluding hydrogens is 684 g/mol. The number of benzene rings is 3. The zero-order valence-electron chi connectivity index (χ0n) is 28.9. The molecule has 8 N–H and O–H groups in total. The molecule has 6 rings (SSSR count). The van der Waals surface area contributed by atoms with Crippen LogP contribution in [0.3, 0.4) is 0 Å². The van der Waals surface area contributed by atoms with Gasteiger partial charge in [-0.1, -0.05) is 6.07 Å². The number of nitrogens with one attached hydrogen (secondary N) is 2. The topological polar surface area (TPSA) is 251 Å². The van der Waals surface area contributed by atoms with Gasteiger partial charge in [0.15, 0.2) is 17.9 Å². The van der Waals surface area contributed by atoms with Crippen molar-refractivity contribution in [3.8, 4) is 34.1 Å². The van der Waals surface area contributed by atoms with E-state index in [0.29, 0.717) is 0 Å². The zero-order chi connectivity index (χ0) is 38.1. The number of amides is 1. The van der Waals surface area contributed by atoms with Gasteiger partial charge in [0.2, 0.25) is 0 Å². The van der Waals surface area contributed by atoms with Gasteiger partial charge in [0.25, 0.3) is 5.91 Å². The first-order valence-electron chi connectivity index (χ1n) is 16.3. The maximum atomic E-state index is 14.0.